The summed E-state index contributed by atoms with van der Waals surface area (Å²) in [7, 11) is 0. The second-order valence-corrected chi connectivity index (χ2v) is 6.75. The zero-order chi connectivity index (χ0) is 16.3. The Morgan fingerprint density at radius 3 is 2.78 bits per heavy atom. The second-order valence-electron chi connectivity index (χ2n) is 6.75. The van der Waals surface area contributed by atoms with Crippen molar-refractivity contribution in [2.75, 3.05) is 6.54 Å². The summed E-state index contributed by atoms with van der Waals surface area (Å²) in [6.07, 6.45) is 8.12. The minimum absolute atomic E-state index is 0.0215. The molecule has 2 aromatic rings. The minimum Gasteiger partial charge on any atom is -0.388 e. The van der Waals surface area contributed by atoms with Crippen LogP contribution in [-0.2, 0) is 17.6 Å². The standard InChI is InChI=1S/C19H26N2O2/c1-2-14-7-6-8-16-15(12-20-18(14)16)11-17(22)21-13-19(23)9-4-3-5-10-19/h6-8,12,20,23H,2-5,9-11,13H2,1H3,(H,21,22). The number of hydrogen-bond acceptors (Lipinski definition) is 2. The van der Waals surface area contributed by atoms with Gasteiger partial charge in [-0.25, -0.2) is 0 Å². The van der Waals surface area contributed by atoms with Gasteiger partial charge in [0.1, 0.15) is 0 Å². The van der Waals surface area contributed by atoms with E-state index < -0.39 is 5.60 Å². The van der Waals surface area contributed by atoms with Crippen LogP contribution in [0.25, 0.3) is 10.9 Å². The van der Waals surface area contributed by atoms with Crippen molar-refractivity contribution in [3.05, 3.63) is 35.5 Å². The van der Waals surface area contributed by atoms with Crippen LogP contribution in [0.2, 0.25) is 0 Å². The first kappa shape index (κ1) is 16.1. The topological polar surface area (TPSA) is 65.1 Å². The Morgan fingerprint density at radius 1 is 1.26 bits per heavy atom. The fourth-order valence-electron chi connectivity index (χ4n) is 3.60. The van der Waals surface area contributed by atoms with E-state index in [1.165, 1.54) is 12.0 Å². The van der Waals surface area contributed by atoms with Crippen molar-refractivity contribution < 1.29 is 9.90 Å². The van der Waals surface area contributed by atoms with Crippen LogP contribution in [0.3, 0.4) is 0 Å². The number of H-pyrrole nitrogens is 1. The number of amides is 1. The summed E-state index contributed by atoms with van der Waals surface area (Å²) in [5.41, 5.74) is 2.71. The average Bonchev–Trinajstić information content (AvgIpc) is 2.97. The number of hydrogen-bond donors (Lipinski definition) is 3. The summed E-state index contributed by atoms with van der Waals surface area (Å²) < 4.78 is 0. The van der Waals surface area contributed by atoms with Crippen LogP contribution in [0.15, 0.2) is 24.4 Å². The van der Waals surface area contributed by atoms with Crippen LogP contribution in [0.1, 0.15) is 50.2 Å². The van der Waals surface area contributed by atoms with Gasteiger partial charge in [0, 0.05) is 23.6 Å². The molecule has 1 heterocycles. The van der Waals surface area contributed by atoms with Gasteiger partial charge in [0.05, 0.1) is 12.0 Å². The molecule has 124 valence electrons. The highest BCUT2D eigenvalue weighted by molar-refractivity contribution is 5.90. The van der Waals surface area contributed by atoms with E-state index in [-0.39, 0.29) is 5.91 Å². The summed E-state index contributed by atoms with van der Waals surface area (Å²) in [4.78, 5) is 15.6. The SMILES string of the molecule is CCc1cccc2c(CC(=O)NCC3(O)CCCCC3)c[nH]c12. The zero-order valence-corrected chi connectivity index (χ0v) is 13.8. The first-order chi connectivity index (χ1) is 11.1. The second kappa shape index (κ2) is 6.75. The average molecular weight is 314 g/mol. The lowest BCUT2D eigenvalue weighted by Gasteiger charge is -2.32. The van der Waals surface area contributed by atoms with Gasteiger partial charge in [-0.05, 0) is 30.4 Å². The first-order valence-electron chi connectivity index (χ1n) is 8.68. The van der Waals surface area contributed by atoms with Gasteiger partial charge in [-0.1, -0.05) is 44.4 Å². The van der Waals surface area contributed by atoms with Crippen LogP contribution in [0.5, 0.6) is 0 Å². The number of benzene rings is 1. The fraction of sp³-hybridized carbons (Fsp3) is 0.526. The fourth-order valence-corrected chi connectivity index (χ4v) is 3.60. The van der Waals surface area contributed by atoms with E-state index in [2.05, 4.69) is 29.4 Å². The van der Waals surface area contributed by atoms with Gasteiger partial charge in [-0.3, -0.25) is 4.79 Å². The van der Waals surface area contributed by atoms with E-state index in [1.54, 1.807) is 0 Å². The minimum atomic E-state index is -0.705. The van der Waals surface area contributed by atoms with Crippen molar-refractivity contribution in [2.45, 2.75) is 57.5 Å². The van der Waals surface area contributed by atoms with Crippen molar-refractivity contribution in [2.24, 2.45) is 0 Å². The normalized spacial score (nSPS) is 17.3. The largest absolute Gasteiger partial charge is 0.388 e. The number of carbonyl (C=O) groups excluding carboxylic acids is 1. The van der Waals surface area contributed by atoms with E-state index in [9.17, 15) is 9.90 Å². The lowest BCUT2D eigenvalue weighted by molar-refractivity contribution is -0.122. The van der Waals surface area contributed by atoms with Gasteiger partial charge < -0.3 is 15.4 Å². The number of carbonyl (C=O) groups is 1. The van der Waals surface area contributed by atoms with Crippen molar-refractivity contribution in [1.82, 2.24) is 10.3 Å². The molecule has 3 rings (SSSR count). The number of nitrogens with one attached hydrogen (secondary N) is 2. The van der Waals surface area contributed by atoms with Crippen molar-refractivity contribution in [1.29, 1.82) is 0 Å². The molecular formula is C19H26N2O2. The van der Waals surface area contributed by atoms with E-state index in [0.717, 1.165) is 48.6 Å². The number of aromatic nitrogens is 1. The molecule has 3 N–H and O–H groups in total. The highest BCUT2D eigenvalue weighted by Crippen LogP contribution is 2.27. The maximum Gasteiger partial charge on any atom is 0.224 e. The molecule has 4 nitrogen and oxygen atoms in total. The molecule has 1 fully saturated rings. The van der Waals surface area contributed by atoms with Gasteiger partial charge in [-0.2, -0.15) is 0 Å². The maximum atomic E-state index is 12.3. The first-order valence-corrected chi connectivity index (χ1v) is 8.68. The number of fused-ring (bicyclic) bond motifs is 1. The van der Waals surface area contributed by atoms with Crippen LogP contribution in [0.4, 0.5) is 0 Å². The molecule has 0 unspecified atom stereocenters. The Labute approximate surface area is 137 Å². The summed E-state index contributed by atoms with van der Waals surface area (Å²) >= 11 is 0. The zero-order valence-electron chi connectivity index (χ0n) is 13.8. The number of rotatable bonds is 5. The molecule has 1 aromatic heterocycles. The van der Waals surface area contributed by atoms with E-state index >= 15 is 0 Å². The molecule has 23 heavy (non-hydrogen) atoms. The summed E-state index contributed by atoms with van der Waals surface area (Å²) in [5.74, 6) is -0.0215. The molecule has 0 saturated heterocycles. The Balaban J connectivity index is 1.64. The molecular weight excluding hydrogens is 288 g/mol. The highest BCUT2D eigenvalue weighted by Gasteiger charge is 2.29. The van der Waals surface area contributed by atoms with Crippen LogP contribution >= 0.6 is 0 Å². The van der Waals surface area contributed by atoms with Crippen LogP contribution < -0.4 is 5.32 Å². The lowest BCUT2D eigenvalue weighted by atomic mass is 9.85. The van der Waals surface area contributed by atoms with Gasteiger partial charge in [0.15, 0.2) is 0 Å². The van der Waals surface area contributed by atoms with Crippen molar-refractivity contribution >= 4 is 16.8 Å². The molecule has 4 heteroatoms. The summed E-state index contributed by atoms with van der Waals surface area (Å²) in [6.45, 7) is 2.50. The Kier molecular flexibility index (Phi) is 4.71. The third-order valence-corrected chi connectivity index (χ3v) is 5.02. The molecule has 0 spiro atoms. The van der Waals surface area contributed by atoms with Crippen LogP contribution in [-0.4, -0.2) is 28.1 Å². The number of aromatic amines is 1. The number of aliphatic hydroxyl groups is 1. The predicted octanol–water partition coefficient (Wildman–Crippen LogP) is 3.08. The van der Waals surface area contributed by atoms with E-state index in [1.807, 2.05) is 12.3 Å². The molecule has 0 aliphatic heterocycles. The molecule has 1 saturated carbocycles. The van der Waals surface area contributed by atoms with Gasteiger partial charge in [-0.15, -0.1) is 0 Å². The predicted molar refractivity (Wildman–Crippen MR) is 92.4 cm³/mol. The Bertz CT molecular complexity index is 684. The highest BCUT2D eigenvalue weighted by atomic mass is 16.3. The Morgan fingerprint density at radius 2 is 2.04 bits per heavy atom. The summed E-state index contributed by atoms with van der Waals surface area (Å²) in [5, 5.41) is 14.5. The van der Waals surface area contributed by atoms with Crippen LogP contribution in [0, 0.1) is 0 Å². The van der Waals surface area contributed by atoms with Gasteiger partial charge >= 0.3 is 0 Å². The third-order valence-electron chi connectivity index (χ3n) is 5.02. The van der Waals surface area contributed by atoms with Gasteiger partial charge in [0.2, 0.25) is 5.91 Å². The van der Waals surface area contributed by atoms with Gasteiger partial charge in [0.25, 0.3) is 0 Å². The molecule has 0 atom stereocenters. The molecule has 1 aromatic carbocycles. The Hall–Kier alpha value is -1.81. The van der Waals surface area contributed by atoms with E-state index in [4.69, 9.17) is 0 Å². The van der Waals surface area contributed by atoms with E-state index in [0.29, 0.717) is 13.0 Å². The molecule has 1 aliphatic rings. The van der Waals surface area contributed by atoms with Crippen molar-refractivity contribution in [3.63, 3.8) is 0 Å². The quantitative estimate of drug-likeness (QED) is 0.794. The molecule has 1 amide bonds. The number of aryl methyl sites for hydroxylation is 1. The smallest absolute Gasteiger partial charge is 0.224 e. The number of para-hydroxylation sites is 1. The monoisotopic (exact) mass is 314 g/mol. The van der Waals surface area contributed by atoms with Crippen molar-refractivity contribution in [3.8, 4) is 0 Å². The third kappa shape index (κ3) is 3.58. The molecule has 0 radical (unpaired) electrons. The maximum absolute atomic E-state index is 12.3. The molecule has 1 aliphatic carbocycles. The lowest BCUT2D eigenvalue weighted by Crippen LogP contribution is -2.44. The summed E-state index contributed by atoms with van der Waals surface area (Å²) in [6, 6.07) is 6.21. The molecule has 0 bridgehead atoms.